The summed E-state index contributed by atoms with van der Waals surface area (Å²) in [6, 6.07) is 17.1. The Balaban J connectivity index is 1.92. The first kappa shape index (κ1) is 17.9. The Kier molecular flexibility index (Phi) is 4.56. The van der Waals surface area contributed by atoms with E-state index in [1.165, 1.54) is 0 Å². The Hall–Kier alpha value is -2.52. The lowest BCUT2D eigenvalue weighted by atomic mass is 9.97. The molecule has 3 heteroatoms. The van der Waals surface area contributed by atoms with Crippen LogP contribution >= 0.6 is 15.9 Å². The molecule has 0 N–H and O–H groups in total. The second kappa shape index (κ2) is 6.90. The molecule has 0 fully saturated rings. The van der Waals surface area contributed by atoms with E-state index in [4.69, 9.17) is 0 Å². The molecule has 0 bridgehead atoms. The van der Waals surface area contributed by atoms with Crippen LogP contribution in [0.2, 0.25) is 0 Å². The summed E-state index contributed by atoms with van der Waals surface area (Å²) in [6.07, 6.45) is 3.43. The zero-order valence-corrected chi connectivity index (χ0v) is 16.6. The van der Waals surface area contributed by atoms with Crippen molar-refractivity contribution in [1.29, 1.82) is 0 Å². The van der Waals surface area contributed by atoms with E-state index in [2.05, 4.69) is 22.0 Å². The molecule has 0 aliphatic carbocycles. The van der Waals surface area contributed by atoms with E-state index in [9.17, 15) is 8.78 Å². The van der Waals surface area contributed by atoms with Crippen molar-refractivity contribution < 1.29 is 8.78 Å². The minimum atomic E-state index is -0.825. The van der Waals surface area contributed by atoms with Crippen molar-refractivity contribution in [2.24, 2.45) is 0 Å². The Labute approximate surface area is 165 Å². The molecule has 0 heterocycles. The number of benzene rings is 4. The van der Waals surface area contributed by atoms with Crippen molar-refractivity contribution in [2.75, 3.05) is 0 Å². The first-order chi connectivity index (χ1) is 13.0. The van der Waals surface area contributed by atoms with Gasteiger partial charge in [-0.25, -0.2) is 8.78 Å². The topological polar surface area (TPSA) is 0 Å². The molecular weight excluding hydrogens is 406 g/mol. The SMILES string of the molecule is Cc1ccc2c(ccc3c(F)c(F)c(/C=C\c4cccc(C)c4Br)cc32)c1. The van der Waals surface area contributed by atoms with Crippen molar-refractivity contribution in [2.45, 2.75) is 13.8 Å². The minimum absolute atomic E-state index is 0.237. The molecule has 4 rings (SSSR count). The molecule has 27 heavy (non-hydrogen) atoms. The minimum Gasteiger partial charge on any atom is -0.203 e. The highest BCUT2D eigenvalue weighted by Crippen LogP contribution is 2.32. The lowest BCUT2D eigenvalue weighted by Crippen LogP contribution is -1.92. The predicted molar refractivity (Wildman–Crippen MR) is 114 cm³/mol. The lowest BCUT2D eigenvalue weighted by molar-refractivity contribution is 0.515. The molecule has 0 amide bonds. The fourth-order valence-corrected chi connectivity index (χ4v) is 3.78. The number of aryl methyl sites for hydroxylation is 2. The van der Waals surface area contributed by atoms with E-state index in [0.29, 0.717) is 10.8 Å². The van der Waals surface area contributed by atoms with Gasteiger partial charge >= 0.3 is 0 Å². The Morgan fingerprint density at radius 1 is 0.741 bits per heavy atom. The van der Waals surface area contributed by atoms with E-state index in [1.54, 1.807) is 24.3 Å². The molecule has 0 spiro atoms. The van der Waals surface area contributed by atoms with Gasteiger partial charge in [0.1, 0.15) is 0 Å². The molecule has 0 aromatic heterocycles. The quantitative estimate of drug-likeness (QED) is 0.228. The van der Waals surface area contributed by atoms with Crippen LogP contribution in [-0.4, -0.2) is 0 Å². The summed E-state index contributed by atoms with van der Waals surface area (Å²) in [7, 11) is 0. The summed E-state index contributed by atoms with van der Waals surface area (Å²) in [5.41, 5.74) is 3.38. The third-order valence-electron chi connectivity index (χ3n) is 4.86. The smallest absolute Gasteiger partial charge is 0.167 e. The first-order valence-electron chi connectivity index (χ1n) is 8.70. The maximum absolute atomic E-state index is 14.7. The van der Waals surface area contributed by atoms with Crippen molar-refractivity contribution in [3.8, 4) is 0 Å². The number of fused-ring (bicyclic) bond motifs is 3. The predicted octanol–water partition coefficient (Wildman–Crippen LogP) is 7.82. The number of rotatable bonds is 2. The van der Waals surface area contributed by atoms with Crippen molar-refractivity contribution in [3.63, 3.8) is 0 Å². The second-order valence-electron chi connectivity index (χ2n) is 6.79. The molecule has 0 atom stereocenters. The van der Waals surface area contributed by atoms with Crippen molar-refractivity contribution >= 4 is 49.6 Å². The van der Waals surface area contributed by atoms with Gasteiger partial charge in [-0.15, -0.1) is 0 Å². The Morgan fingerprint density at radius 3 is 2.30 bits per heavy atom. The zero-order chi connectivity index (χ0) is 19.1. The maximum Gasteiger partial charge on any atom is 0.167 e. The number of hydrogen-bond donors (Lipinski definition) is 0. The van der Waals surface area contributed by atoms with Crippen LogP contribution in [0, 0.1) is 25.5 Å². The monoisotopic (exact) mass is 422 g/mol. The van der Waals surface area contributed by atoms with Crippen LogP contribution in [0.25, 0.3) is 33.7 Å². The summed E-state index contributed by atoms with van der Waals surface area (Å²) in [6.45, 7) is 4.01. The molecular formula is C24H17BrF2. The summed E-state index contributed by atoms with van der Waals surface area (Å²) >= 11 is 3.55. The molecule has 0 saturated carbocycles. The lowest BCUT2D eigenvalue weighted by Gasteiger charge is -2.09. The van der Waals surface area contributed by atoms with Gasteiger partial charge in [0, 0.05) is 15.4 Å². The molecule has 0 radical (unpaired) electrons. The van der Waals surface area contributed by atoms with Gasteiger partial charge in [0.15, 0.2) is 11.6 Å². The number of hydrogen-bond acceptors (Lipinski definition) is 0. The van der Waals surface area contributed by atoms with E-state index in [-0.39, 0.29) is 5.56 Å². The largest absolute Gasteiger partial charge is 0.203 e. The molecule has 0 aliphatic rings. The van der Waals surface area contributed by atoms with E-state index < -0.39 is 11.6 Å². The highest BCUT2D eigenvalue weighted by molar-refractivity contribution is 9.10. The Morgan fingerprint density at radius 2 is 1.48 bits per heavy atom. The van der Waals surface area contributed by atoms with Crippen LogP contribution in [0.5, 0.6) is 0 Å². The fraction of sp³-hybridized carbons (Fsp3) is 0.0833. The first-order valence-corrected chi connectivity index (χ1v) is 9.49. The molecule has 0 unspecified atom stereocenters. The van der Waals surface area contributed by atoms with Crippen LogP contribution < -0.4 is 0 Å². The molecule has 0 aliphatic heterocycles. The average molecular weight is 423 g/mol. The van der Waals surface area contributed by atoms with Gasteiger partial charge in [-0.2, -0.15) is 0 Å². The third kappa shape index (κ3) is 3.17. The molecule has 0 saturated heterocycles. The maximum atomic E-state index is 14.7. The molecule has 0 nitrogen and oxygen atoms in total. The summed E-state index contributed by atoms with van der Waals surface area (Å²) in [5, 5.41) is 2.96. The molecule has 4 aromatic carbocycles. The van der Waals surface area contributed by atoms with Crippen LogP contribution in [-0.2, 0) is 0 Å². The summed E-state index contributed by atoms with van der Waals surface area (Å²) in [4.78, 5) is 0. The van der Waals surface area contributed by atoms with Gasteiger partial charge in [0.2, 0.25) is 0 Å². The third-order valence-corrected chi connectivity index (χ3v) is 5.95. The molecule has 134 valence electrons. The van der Waals surface area contributed by atoms with Gasteiger partial charge in [0.25, 0.3) is 0 Å². The van der Waals surface area contributed by atoms with Gasteiger partial charge in [-0.3, -0.25) is 0 Å². The second-order valence-corrected chi connectivity index (χ2v) is 7.58. The summed E-state index contributed by atoms with van der Waals surface area (Å²) < 4.78 is 30.3. The van der Waals surface area contributed by atoms with Crippen molar-refractivity contribution in [3.05, 3.63) is 93.0 Å². The zero-order valence-electron chi connectivity index (χ0n) is 15.0. The van der Waals surface area contributed by atoms with Crippen molar-refractivity contribution in [1.82, 2.24) is 0 Å². The normalized spacial score (nSPS) is 11.7. The van der Waals surface area contributed by atoms with Crippen LogP contribution in [0.3, 0.4) is 0 Å². The van der Waals surface area contributed by atoms with E-state index in [1.807, 2.05) is 50.2 Å². The average Bonchev–Trinajstić information content (AvgIpc) is 2.66. The Bertz CT molecular complexity index is 1220. The summed E-state index contributed by atoms with van der Waals surface area (Å²) in [5.74, 6) is -1.63. The van der Waals surface area contributed by atoms with E-state index >= 15 is 0 Å². The van der Waals surface area contributed by atoms with Gasteiger partial charge in [-0.05, 0) is 63.1 Å². The fourth-order valence-electron chi connectivity index (χ4n) is 3.38. The van der Waals surface area contributed by atoms with Crippen LogP contribution in [0.4, 0.5) is 8.78 Å². The highest BCUT2D eigenvalue weighted by Gasteiger charge is 2.14. The highest BCUT2D eigenvalue weighted by atomic mass is 79.9. The number of halogens is 3. The van der Waals surface area contributed by atoms with Gasteiger partial charge in [-0.1, -0.05) is 66.2 Å². The van der Waals surface area contributed by atoms with E-state index in [0.717, 1.165) is 31.9 Å². The standard InChI is InChI=1S/C24H17BrF2/c1-14-6-10-19-17(12-14)9-11-20-21(19)13-18(23(26)24(20)27)8-7-16-5-3-4-15(2)22(16)25/h3-13H,1-2H3/b8-7-. The van der Waals surface area contributed by atoms with Gasteiger partial charge < -0.3 is 0 Å². The van der Waals surface area contributed by atoms with Gasteiger partial charge in [0.05, 0.1) is 0 Å². The molecule has 4 aromatic rings. The van der Waals surface area contributed by atoms with Crippen LogP contribution in [0.15, 0.2) is 59.1 Å². The van der Waals surface area contributed by atoms with Crippen LogP contribution in [0.1, 0.15) is 22.3 Å².